The molecule has 0 amide bonds. The van der Waals surface area contributed by atoms with Crippen LogP contribution in [0.5, 0.6) is 0 Å². The molecule has 1 saturated heterocycles. The van der Waals surface area contributed by atoms with Crippen LogP contribution in [0.3, 0.4) is 0 Å². The summed E-state index contributed by atoms with van der Waals surface area (Å²) in [6.45, 7) is 4.05. The van der Waals surface area contributed by atoms with Gasteiger partial charge in [0.25, 0.3) is 0 Å². The molecule has 4 rings (SSSR count). The molecule has 2 fully saturated rings. The number of rotatable bonds is 5. The number of piperidine rings is 1. The fourth-order valence-corrected chi connectivity index (χ4v) is 3.63. The highest BCUT2D eigenvalue weighted by molar-refractivity contribution is 5.44. The summed E-state index contributed by atoms with van der Waals surface area (Å²) in [5.74, 6) is 1.59. The van der Waals surface area contributed by atoms with Crippen LogP contribution in [0, 0.1) is 6.92 Å². The molecule has 0 bridgehead atoms. The summed E-state index contributed by atoms with van der Waals surface area (Å²) in [6.07, 6.45) is 0.263. The van der Waals surface area contributed by atoms with E-state index in [9.17, 15) is 13.2 Å². The van der Waals surface area contributed by atoms with Gasteiger partial charge in [-0.05, 0) is 25.7 Å². The third kappa shape index (κ3) is 4.20. The largest absolute Gasteiger partial charge is 0.433 e. The average Bonchev–Trinajstić information content (AvgIpc) is 3.38. The van der Waals surface area contributed by atoms with Gasteiger partial charge < -0.3 is 9.42 Å². The summed E-state index contributed by atoms with van der Waals surface area (Å²) in [5, 5.41) is 3.92. The molecule has 0 unspecified atom stereocenters. The Hall–Kier alpha value is -2.23. The lowest BCUT2D eigenvalue weighted by Crippen LogP contribution is -2.46. The molecular formula is C17H21F3N6O. The maximum Gasteiger partial charge on any atom is 0.433 e. The fraction of sp³-hybridized carbons (Fsp3) is 0.647. The van der Waals surface area contributed by atoms with Crippen molar-refractivity contribution in [1.29, 1.82) is 0 Å². The number of hydrogen-bond donors (Lipinski definition) is 0. The highest BCUT2D eigenvalue weighted by Crippen LogP contribution is 2.37. The van der Waals surface area contributed by atoms with Crippen LogP contribution in [0.1, 0.15) is 43.1 Å². The number of hydrogen-bond acceptors (Lipinski definition) is 7. The average molecular weight is 382 g/mol. The van der Waals surface area contributed by atoms with Gasteiger partial charge in [-0.3, -0.25) is 4.90 Å². The molecule has 0 spiro atoms. The number of anilines is 1. The van der Waals surface area contributed by atoms with Gasteiger partial charge in [0, 0.05) is 38.2 Å². The highest BCUT2D eigenvalue weighted by atomic mass is 19.4. The van der Waals surface area contributed by atoms with E-state index in [1.807, 2.05) is 0 Å². The van der Waals surface area contributed by atoms with E-state index in [0.717, 1.165) is 51.2 Å². The number of halogens is 3. The van der Waals surface area contributed by atoms with Gasteiger partial charge in [0.2, 0.25) is 5.89 Å². The normalized spacial score (nSPS) is 19.4. The van der Waals surface area contributed by atoms with Crippen LogP contribution in [0.4, 0.5) is 19.0 Å². The Morgan fingerprint density at radius 3 is 2.44 bits per heavy atom. The van der Waals surface area contributed by atoms with E-state index in [1.165, 1.54) is 0 Å². The monoisotopic (exact) mass is 382 g/mol. The van der Waals surface area contributed by atoms with Crippen LogP contribution < -0.4 is 4.90 Å². The Morgan fingerprint density at radius 2 is 1.85 bits per heavy atom. The van der Waals surface area contributed by atoms with E-state index in [1.54, 1.807) is 6.92 Å². The molecule has 1 aliphatic heterocycles. The van der Waals surface area contributed by atoms with Gasteiger partial charge in [-0.2, -0.15) is 18.2 Å². The smallest absolute Gasteiger partial charge is 0.350 e. The zero-order chi connectivity index (χ0) is 19.0. The standard InChI is InChI=1S/C17H21F3N6O/c1-11-23-15(24-27-11)9-25-6-4-13(5-7-25)26(12-2-3-12)16-8-14(17(18,19)20)21-10-22-16/h8,10,12-13H,2-7,9H2,1H3. The quantitative estimate of drug-likeness (QED) is 0.787. The minimum atomic E-state index is -4.46. The number of alkyl halides is 3. The zero-order valence-corrected chi connectivity index (χ0v) is 15.0. The lowest BCUT2D eigenvalue weighted by Gasteiger charge is -2.39. The summed E-state index contributed by atoms with van der Waals surface area (Å²) in [4.78, 5) is 16.1. The molecule has 1 aliphatic carbocycles. The molecule has 0 aromatic carbocycles. The zero-order valence-electron chi connectivity index (χ0n) is 15.0. The van der Waals surface area contributed by atoms with Crippen LogP contribution in [0.2, 0.25) is 0 Å². The van der Waals surface area contributed by atoms with Crippen LogP contribution >= 0.6 is 0 Å². The van der Waals surface area contributed by atoms with Crippen LogP contribution in [-0.4, -0.2) is 50.2 Å². The van der Waals surface area contributed by atoms with E-state index in [4.69, 9.17) is 4.52 Å². The second kappa shape index (κ2) is 7.06. The first kappa shape index (κ1) is 18.1. The van der Waals surface area contributed by atoms with Crippen molar-refractivity contribution in [2.75, 3.05) is 18.0 Å². The van der Waals surface area contributed by atoms with E-state index in [0.29, 0.717) is 24.1 Å². The molecular weight excluding hydrogens is 361 g/mol. The number of aryl methyl sites for hydroxylation is 1. The molecule has 2 aromatic heterocycles. The lowest BCUT2D eigenvalue weighted by molar-refractivity contribution is -0.141. The molecule has 1 saturated carbocycles. The Balaban J connectivity index is 1.44. The van der Waals surface area contributed by atoms with Crippen LogP contribution in [-0.2, 0) is 12.7 Å². The second-order valence-corrected chi connectivity index (χ2v) is 7.13. The Kier molecular flexibility index (Phi) is 4.75. The van der Waals surface area contributed by atoms with Gasteiger partial charge in [0.05, 0.1) is 6.54 Å². The van der Waals surface area contributed by atoms with Crippen molar-refractivity contribution >= 4 is 5.82 Å². The molecule has 3 heterocycles. The van der Waals surface area contributed by atoms with Crippen LogP contribution in [0.25, 0.3) is 0 Å². The van der Waals surface area contributed by atoms with Crippen molar-refractivity contribution in [1.82, 2.24) is 25.0 Å². The van der Waals surface area contributed by atoms with Crippen molar-refractivity contribution < 1.29 is 17.7 Å². The molecule has 146 valence electrons. The highest BCUT2D eigenvalue weighted by Gasteiger charge is 2.39. The van der Waals surface area contributed by atoms with Gasteiger partial charge >= 0.3 is 6.18 Å². The summed E-state index contributed by atoms with van der Waals surface area (Å²) in [6, 6.07) is 1.53. The summed E-state index contributed by atoms with van der Waals surface area (Å²) in [5.41, 5.74) is -0.886. The summed E-state index contributed by atoms with van der Waals surface area (Å²) in [7, 11) is 0. The van der Waals surface area contributed by atoms with Gasteiger partial charge in [0.15, 0.2) is 5.82 Å². The Bertz CT molecular complexity index is 783. The molecule has 10 heteroatoms. The minimum Gasteiger partial charge on any atom is -0.350 e. The first-order valence-corrected chi connectivity index (χ1v) is 9.09. The number of likely N-dealkylation sites (tertiary alicyclic amines) is 1. The van der Waals surface area contributed by atoms with Gasteiger partial charge in [-0.1, -0.05) is 5.16 Å². The molecule has 2 aromatic rings. The maximum atomic E-state index is 13.0. The van der Waals surface area contributed by atoms with E-state index in [-0.39, 0.29) is 12.1 Å². The van der Waals surface area contributed by atoms with Crippen molar-refractivity contribution in [3.05, 3.63) is 29.8 Å². The summed E-state index contributed by atoms with van der Waals surface area (Å²) < 4.78 is 44.0. The molecule has 0 radical (unpaired) electrons. The predicted molar refractivity (Wildman–Crippen MR) is 89.9 cm³/mol. The fourth-order valence-electron chi connectivity index (χ4n) is 3.63. The first-order chi connectivity index (χ1) is 12.9. The molecule has 2 aliphatic rings. The molecule has 7 nitrogen and oxygen atoms in total. The van der Waals surface area contributed by atoms with Crippen molar-refractivity contribution in [3.8, 4) is 0 Å². The topological polar surface area (TPSA) is 71.2 Å². The number of aromatic nitrogens is 4. The molecule has 0 atom stereocenters. The van der Waals surface area contributed by atoms with E-state index in [2.05, 4.69) is 29.9 Å². The van der Waals surface area contributed by atoms with Gasteiger partial charge in [-0.15, -0.1) is 0 Å². The summed E-state index contributed by atoms with van der Waals surface area (Å²) >= 11 is 0. The third-order valence-corrected chi connectivity index (χ3v) is 5.03. The first-order valence-electron chi connectivity index (χ1n) is 9.09. The second-order valence-electron chi connectivity index (χ2n) is 7.13. The lowest BCUT2D eigenvalue weighted by atomic mass is 10.0. The van der Waals surface area contributed by atoms with E-state index < -0.39 is 11.9 Å². The van der Waals surface area contributed by atoms with Crippen molar-refractivity contribution in [3.63, 3.8) is 0 Å². The maximum absolute atomic E-state index is 13.0. The van der Waals surface area contributed by atoms with Gasteiger partial charge in [0.1, 0.15) is 17.8 Å². The third-order valence-electron chi connectivity index (χ3n) is 5.03. The number of nitrogens with zero attached hydrogens (tertiary/aromatic N) is 6. The van der Waals surface area contributed by atoms with Crippen LogP contribution in [0.15, 0.2) is 16.9 Å². The van der Waals surface area contributed by atoms with Crippen molar-refractivity contribution in [2.45, 2.75) is 57.4 Å². The van der Waals surface area contributed by atoms with Crippen molar-refractivity contribution in [2.24, 2.45) is 0 Å². The van der Waals surface area contributed by atoms with Gasteiger partial charge in [-0.25, -0.2) is 9.97 Å². The minimum absolute atomic E-state index is 0.178. The Labute approximate surface area is 154 Å². The predicted octanol–water partition coefficient (Wildman–Crippen LogP) is 2.82. The van der Waals surface area contributed by atoms with E-state index >= 15 is 0 Å². The molecule has 0 N–H and O–H groups in total. The Morgan fingerprint density at radius 1 is 1.15 bits per heavy atom. The SMILES string of the molecule is Cc1nc(CN2CCC(N(c3cc(C(F)(F)F)ncn3)C3CC3)CC2)no1. The molecule has 27 heavy (non-hydrogen) atoms.